The Hall–Kier alpha value is -2.43. The molecular formula is C18H21N5. The summed E-state index contributed by atoms with van der Waals surface area (Å²) in [5.74, 6) is 1.00. The van der Waals surface area contributed by atoms with E-state index in [2.05, 4.69) is 55.2 Å². The van der Waals surface area contributed by atoms with Gasteiger partial charge in [0, 0.05) is 12.6 Å². The average molecular weight is 307 g/mol. The van der Waals surface area contributed by atoms with Gasteiger partial charge in [-0.05, 0) is 37.7 Å². The molecule has 5 nitrogen and oxygen atoms in total. The summed E-state index contributed by atoms with van der Waals surface area (Å²) < 4.78 is 0. The molecule has 3 heterocycles. The van der Waals surface area contributed by atoms with Crippen LogP contribution in [0.25, 0.3) is 11.2 Å². The van der Waals surface area contributed by atoms with Crippen LogP contribution in [0.5, 0.6) is 0 Å². The van der Waals surface area contributed by atoms with Crippen molar-refractivity contribution in [2.24, 2.45) is 0 Å². The van der Waals surface area contributed by atoms with Gasteiger partial charge in [0.15, 0.2) is 11.5 Å². The van der Waals surface area contributed by atoms with Gasteiger partial charge in [0.1, 0.15) is 11.8 Å². The number of benzene rings is 1. The standard InChI is InChI=1S/C18H21N5/c1-2-6-14(7-3-1)9-10-15-8-4-5-11-23(15)18-16-17(20-12-19-16)21-13-22-18/h1-3,6-7,12-13,15H,4-5,8-11H2,(H,19,20,21,22). The van der Waals surface area contributed by atoms with Crippen LogP contribution in [0.3, 0.4) is 0 Å². The van der Waals surface area contributed by atoms with E-state index in [1.54, 1.807) is 12.7 Å². The predicted molar refractivity (Wildman–Crippen MR) is 91.4 cm³/mol. The minimum absolute atomic E-state index is 0.533. The first-order valence-corrected chi connectivity index (χ1v) is 8.36. The van der Waals surface area contributed by atoms with Gasteiger partial charge < -0.3 is 9.88 Å². The molecule has 1 N–H and O–H groups in total. The SMILES string of the molecule is c1ccc(CCC2CCCCN2c2ncnc3nc[nH]c23)cc1. The molecule has 1 aromatic carbocycles. The van der Waals surface area contributed by atoms with E-state index >= 15 is 0 Å². The molecule has 0 aliphatic carbocycles. The van der Waals surface area contributed by atoms with Crippen LogP contribution in [-0.4, -0.2) is 32.5 Å². The van der Waals surface area contributed by atoms with E-state index in [0.29, 0.717) is 6.04 Å². The molecule has 4 rings (SSSR count). The highest BCUT2D eigenvalue weighted by molar-refractivity contribution is 5.82. The minimum Gasteiger partial charge on any atom is -0.352 e. The van der Waals surface area contributed by atoms with Crippen molar-refractivity contribution in [3.05, 3.63) is 48.5 Å². The molecule has 23 heavy (non-hydrogen) atoms. The molecule has 0 radical (unpaired) electrons. The van der Waals surface area contributed by atoms with Gasteiger partial charge in [-0.3, -0.25) is 0 Å². The van der Waals surface area contributed by atoms with Crippen LogP contribution >= 0.6 is 0 Å². The lowest BCUT2D eigenvalue weighted by Gasteiger charge is -2.36. The minimum atomic E-state index is 0.533. The first-order valence-electron chi connectivity index (χ1n) is 8.36. The van der Waals surface area contributed by atoms with Gasteiger partial charge in [-0.25, -0.2) is 15.0 Å². The van der Waals surface area contributed by atoms with Crippen LogP contribution < -0.4 is 4.90 Å². The first-order chi connectivity index (χ1) is 11.4. The van der Waals surface area contributed by atoms with Crippen molar-refractivity contribution >= 4 is 17.0 Å². The molecule has 1 aliphatic rings. The van der Waals surface area contributed by atoms with Crippen molar-refractivity contribution in [2.75, 3.05) is 11.4 Å². The molecule has 118 valence electrons. The first kappa shape index (κ1) is 14.2. The van der Waals surface area contributed by atoms with Gasteiger partial charge >= 0.3 is 0 Å². The molecule has 0 saturated carbocycles. The number of rotatable bonds is 4. The van der Waals surface area contributed by atoms with Crippen molar-refractivity contribution in [3.63, 3.8) is 0 Å². The summed E-state index contributed by atoms with van der Waals surface area (Å²) in [4.78, 5) is 18.7. The molecular weight excluding hydrogens is 286 g/mol. The second kappa shape index (κ2) is 6.36. The van der Waals surface area contributed by atoms with Crippen LogP contribution in [0.15, 0.2) is 43.0 Å². The second-order valence-corrected chi connectivity index (χ2v) is 6.17. The summed E-state index contributed by atoms with van der Waals surface area (Å²) in [5.41, 5.74) is 3.12. The largest absolute Gasteiger partial charge is 0.352 e. The van der Waals surface area contributed by atoms with Crippen LogP contribution in [0, 0.1) is 0 Å². The zero-order valence-electron chi connectivity index (χ0n) is 13.2. The molecule has 0 spiro atoms. The topological polar surface area (TPSA) is 57.7 Å². The van der Waals surface area contributed by atoms with E-state index in [9.17, 15) is 0 Å². The summed E-state index contributed by atoms with van der Waals surface area (Å²) in [7, 11) is 0. The lowest BCUT2D eigenvalue weighted by molar-refractivity contribution is 0.436. The third-order valence-electron chi connectivity index (χ3n) is 4.71. The van der Waals surface area contributed by atoms with Crippen molar-refractivity contribution in [2.45, 2.75) is 38.1 Å². The molecule has 3 aromatic rings. The summed E-state index contributed by atoms with van der Waals surface area (Å²) >= 11 is 0. The van der Waals surface area contributed by atoms with Crippen molar-refractivity contribution < 1.29 is 0 Å². The number of H-pyrrole nitrogens is 1. The van der Waals surface area contributed by atoms with Crippen molar-refractivity contribution in [1.29, 1.82) is 0 Å². The number of fused-ring (bicyclic) bond motifs is 1. The summed E-state index contributed by atoms with van der Waals surface area (Å²) in [6.07, 6.45) is 9.34. The second-order valence-electron chi connectivity index (χ2n) is 6.17. The van der Waals surface area contributed by atoms with E-state index in [0.717, 1.165) is 36.4 Å². The van der Waals surface area contributed by atoms with E-state index in [1.807, 2.05) is 0 Å². The number of nitrogens with one attached hydrogen (secondary N) is 1. The maximum Gasteiger partial charge on any atom is 0.182 e. The number of hydrogen-bond donors (Lipinski definition) is 1. The fraction of sp³-hybridized carbons (Fsp3) is 0.389. The fourth-order valence-corrected chi connectivity index (χ4v) is 3.53. The molecule has 5 heteroatoms. The molecule has 1 saturated heterocycles. The highest BCUT2D eigenvalue weighted by Crippen LogP contribution is 2.29. The van der Waals surface area contributed by atoms with Crippen molar-refractivity contribution in [1.82, 2.24) is 19.9 Å². The normalized spacial score (nSPS) is 18.4. The van der Waals surface area contributed by atoms with Gasteiger partial charge in [0.2, 0.25) is 0 Å². The van der Waals surface area contributed by atoms with Crippen LogP contribution in [-0.2, 0) is 6.42 Å². The number of aryl methyl sites for hydroxylation is 1. The quantitative estimate of drug-likeness (QED) is 0.803. The Kier molecular flexibility index (Phi) is 3.92. The van der Waals surface area contributed by atoms with Gasteiger partial charge in [-0.1, -0.05) is 30.3 Å². The molecule has 1 aliphatic heterocycles. The lowest BCUT2D eigenvalue weighted by atomic mass is 9.96. The van der Waals surface area contributed by atoms with Gasteiger partial charge in [-0.2, -0.15) is 0 Å². The number of imidazole rings is 1. The summed E-state index contributed by atoms with van der Waals surface area (Å²) in [5, 5.41) is 0. The third-order valence-corrected chi connectivity index (χ3v) is 4.71. The number of nitrogens with zero attached hydrogens (tertiary/aromatic N) is 4. The molecule has 2 aromatic heterocycles. The smallest absolute Gasteiger partial charge is 0.182 e. The monoisotopic (exact) mass is 307 g/mol. The third kappa shape index (κ3) is 2.91. The Bertz CT molecular complexity index is 767. The summed E-state index contributed by atoms with van der Waals surface area (Å²) in [6, 6.07) is 11.3. The molecule has 0 amide bonds. The molecule has 1 atom stereocenters. The van der Waals surface area contributed by atoms with Crippen molar-refractivity contribution in [3.8, 4) is 0 Å². The van der Waals surface area contributed by atoms with E-state index in [1.165, 1.54) is 24.8 Å². The highest BCUT2D eigenvalue weighted by Gasteiger charge is 2.25. The van der Waals surface area contributed by atoms with Gasteiger partial charge in [0.05, 0.1) is 6.33 Å². The number of aromatic amines is 1. The Morgan fingerprint density at radius 3 is 2.91 bits per heavy atom. The predicted octanol–water partition coefficient (Wildman–Crippen LogP) is 3.34. The zero-order valence-corrected chi connectivity index (χ0v) is 13.2. The van der Waals surface area contributed by atoms with Gasteiger partial charge in [-0.15, -0.1) is 0 Å². The van der Waals surface area contributed by atoms with Crippen LogP contribution in [0.2, 0.25) is 0 Å². The number of aromatic nitrogens is 4. The van der Waals surface area contributed by atoms with E-state index in [-0.39, 0.29) is 0 Å². The van der Waals surface area contributed by atoms with Crippen LogP contribution in [0.1, 0.15) is 31.2 Å². The number of piperidine rings is 1. The van der Waals surface area contributed by atoms with Gasteiger partial charge in [0.25, 0.3) is 0 Å². The highest BCUT2D eigenvalue weighted by atomic mass is 15.2. The molecule has 0 bridgehead atoms. The fourth-order valence-electron chi connectivity index (χ4n) is 3.53. The Balaban J connectivity index is 1.57. The zero-order chi connectivity index (χ0) is 15.5. The molecule has 1 fully saturated rings. The average Bonchev–Trinajstić information content (AvgIpc) is 3.10. The lowest BCUT2D eigenvalue weighted by Crippen LogP contribution is -2.40. The number of anilines is 1. The maximum atomic E-state index is 4.55. The maximum absolute atomic E-state index is 4.55. The Labute approximate surface area is 135 Å². The molecule has 1 unspecified atom stereocenters. The Morgan fingerprint density at radius 2 is 2.00 bits per heavy atom. The van der Waals surface area contributed by atoms with E-state index < -0.39 is 0 Å². The van der Waals surface area contributed by atoms with Crippen LogP contribution in [0.4, 0.5) is 5.82 Å². The van der Waals surface area contributed by atoms with E-state index in [4.69, 9.17) is 0 Å². The Morgan fingerprint density at radius 1 is 1.09 bits per heavy atom. The summed E-state index contributed by atoms with van der Waals surface area (Å²) in [6.45, 7) is 1.06. The number of hydrogen-bond acceptors (Lipinski definition) is 4.